The first-order valence-corrected chi connectivity index (χ1v) is 7.09. The minimum absolute atomic E-state index is 0.0945. The van der Waals surface area contributed by atoms with Crippen LogP contribution in [0.4, 0.5) is 4.79 Å². The van der Waals surface area contributed by atoms with Gasteiger partial charge in [0.15, 0.2) is 0 Å². The Morgan fingerprint density at radius 1 is 1.00 bits per heavy atom. The molecule has 0 radical (unpaired) electrons. The van der Waals surface area contributed by atoms with Crippen LogP contribution in [0.5, 0.6) is 0 Å². The van der Waals surface area contributed by atoms with E-state index in [-0.39, 0.29) is 6.04 Å². The maximum absolute atomic E-state index is 10.9. The van der Waals surface area contributed by atoms with E-state index >= 15 is 0 Å². The van der Waals surface area contributed by atoms with Crippen LogP contribution in [-0.2, 0) is 0 Å². The first-order valence-electron chi connectivity index (χ1n) is 7.09. The van der Waals surface area contributed by atoms with Gasteiger partial charge in [-0.05, 0) is 20.3 Å². The van der Waals surface area contributed by atoms with Gasteiger partial charge in [0.2, 0.25) is 0 Å². The van der Waals surface area contributed by atoms with E-state index in [0.717, 1.165) is 12.8 Å². The largest absolute Gasteiger partial charge is 0.465 e. The Morgan fingerprint density at radius 2 is 1.47 bits per heavy atom. The summed E-state index contributed by atoms with van der Waals surface area (Å²) in [5, 5.41) is 8.97. The van der Waals surface area contributed by atoms with Crippen molar-refractivity contribution in [3.63, 3.8) is 0 Å². The molecule has 3 heteroatoms. The molecule has 0 unspecified atom stereocenters. The Kier molecular flexibility index (Phi) is 9.98. The van der Waals surface area contributed by atoms with E-state index in [1.165, 1.54) is 43.4 Å². The van der Waals surface area contributed by atoms with E-state index in [1.807, 2.05) is 13.8 Å². The first-order chi connectivity index (χ1) is 8.09. The van der Waals surface area contributed by atoms with Crippen LogP contribution in [0, 0.1) is 0 Å². The Labute approximate surface area is 106 Å². The summed E-state index contributed by atoms with van der Waals surface area (Å²) in [6, 6.07) is 0.0945. The molecule has 0 fully saturated rings. The van der Waals surface area contributed by atoms with Crippen LogP contribution >= 0.6 is 0 Å². The zero-order valence-corrected chi connectivity index (χ0v) is 11.7. The molecule has 0 aromatic carbocycles. The first kappa shape index (κ1) is 16.3. The van der Waals surface area contributed by atoms with Gasteiger partial charge >= 0.3 is 6.09 Å². The van der Waals surface area contributed by atoms with E-state index in [1.54, 1.807) is 0 Å². The average Bonchev–Trinajstić information content (AvgIpc) is 2.26. The zero-order chi connectivity index (χ0) is 13.1. The van der Waals surface area contributed by atoms with Gasteiger partial charge in [0, 0.05) is 12.6 Å². The van der Waals surface area contributed by atoms with Crippen molar-refractivity contribution in [3.05, 3.63) is 0 Å². The molecule has 17 heavy (non-hydrogen) atoms. The number of amides is 1. The highest BCUT2D eigenvalue weighted by atomic mass is 16.4. The molecule has 0 saturated heterocycles. The molecule has 0 rings (SSSR count). The molecule has 0 heterocycles. The summed E-state index contributed by atoms with van der Waals surface area (Å²) in [6.45, 7) is 6.77. The number of unbranched alkanes of at least 4 members (excludes halogenated alkanes) is 7. The van der Waals surface area contributed by atoms with Crippen LogP contribution in [0.1, 0.15) is 72.1 Å². The smallest absolute Gasteiger partial charge is 0.407 e. The molecule has 0 saturated carbocycles. The number of hydrogen-bond acceptors (Lipinski definition) is 1. The van der Waals surface area contributed by atoms with Gasteiger partial charge in [0.1, 0.15) is 0 Å². The van der Waals surface area contributed by atoms with Crippen molar-refractivity contribution < 1.29 is 9.90 Å². The third-order valence-corrected chi connectivity index (χ3v) is 3.12. The summed E-state index contributed by atoms with van der Waals surface area (Å²) in [7, 11) is 0. The third kappa shape index (κ3) is 9.02. The van der Waals surface area contributed by atoms with E-state index in [0.29, 0.717) is 6.54 Å². The molecule has 102 valence electrons. The fourth-order valence-electron chi connectivity index (χ4n) is 1.99. The van der Waals surface area contributed by atoms with E-state index in [2.05, 4.69) is 6.92 Å². The lowest BCUT2D eigenvalue weighted by Crippen LogP contribution is -2.36. The summed E-state index contributed by atoms with van der Waals surface area (Å²) in [5.41, 5.74) is 0. The van der Waals surface area contributed by atoms with Gasteiger partial charge in [-0.2, -0.15) is 0 Å². The number of rotatable bonds is 10. The van der Waals surface area contributed by atoms with Crippen molar-refractivity contribution >= 4 is 6.09 Å². The summed E-state index contributed by atoms with van der Waals surface area (Å²) < 4.78 is 0. The van der Waals surface area contributed by atoms with E-state index in [4.69, 9.17) is 5.11 Å². The van der Waals surface area contributed by atoms with Crippen molar-refractivity contribution in [2.75, 3.05) is 6.54 Å². The summed E-state index contributed by atoms with van der Waals surface area (Å²) in [5.74, 6) is 0. The molecule has 0 aromatic rings. The fraction of sp³-hybridized carbons (Fsp3) is 0.929. The second kappa shape index (κ2) is 10.4. The number of nitrogens with zero attached hydrogens (tertiary/aromatic N) is 1. The predicted molar refractivity (Wildman–Crippen MR) is 72.5 cm³/mol. The van der Waals surface area contributed by atoms with Crippen LogP contribution < -0.4 is 0 Å². The van der Waals surface area contributed by atoms with E-state index < -0.39 is 6.09 Å². The Balaban J connectivity index is 3.40. The molecule has 0 spiro atoms. The minimum atomic E-state index is -0.789. The molecule has 3 nitrogen and oxygen atoms in total. The van der Waals surface area contributed by atoms with Gasteiger partial charge in [-0.3, -0.25) is 0 Å². The number of carboxylic acid groups (broad SMARTS) is 1. The van der Waals surface area contributed by atoms with Gasteiger partial charge < -0.3 is 10.0 Å². The second-order valence-electron chi connectivity index (χ2n) is 5.04. The van der Waals surface area contributed by atoms with Gasteiger partial charge in [-0.1, -0.05) is 51.9 Å². The number of carbonyl (C=O) groups is 1. The molecule has 1 amide bonds. The highest BCUT2D eigenvalue weighted by Crippen LogP contribution is 2.09. The summed E-state index contributed by atoms with van der Waals surface area (Å²) in [4.78, 5) is 12.4. The highest BCUT2D eigenvalue weighted by molar-refractivity contribution is 5.65. The second-order valence-corrected chi connectivity index (χ2v) is 5.04. The minimum Gasteiger partial charge on any atom is -0.465 e. The van der Waals surface area contributed by atoms with Crippen molar-refractivity contribution in [1.82, 2.24) is 4.90 Å². The highest BCUT2D eigenvalue weighted by Gasteiger charge is 2.13. The van der Waals surface area contributed by atoms with Crippen LogP contribution in [0.3, 0.4) is 0 Å². The molecule has 0 bridgehead atoms. The topological polar surface area (TPSA) is 40.5 Å². The molecule has 0 aromatic heterocycles. The van der Waals surface area contributed by atoms with Crippen molar-refractivity contribution in [3.8, 4) is 0 Å². The molecule has 0 aliphatic carbocycles. The average molecular weight is 243 g/mol. The third-order valence-electron chi connectivity index (χ3n) is 3.12. The zero-order valence-electron chi connectivity index (χ0n) is 11.7. The molecule has 0 aliphatic rings. The maximum Gasteiger partial charge on any atom is 0.407 e. The summed E-state index contributed by atoms with van der Waals surface area (Å²) >= 11 is 0. The standard InChI is InChI=1S/C14H29NO2/c1-4-5-6-7-8-9-10-11-12-15(13(2)3)14(16)17/h13H,4-12H2,1-3H3,(H,16,17). The van der Waals surface area contributed by atoms with Crippen molar-refractivity contribution in [2.45, 2.75) is 78.2 Å². The van der Waals surface area contributed by atoms with E-state index in [9.17, 15) is 4.79 Å². The molecule has 0 atom stereocenters. The summed E-state index contributed by atoms with van der Waals surface area (Å²) in [6.07, 6.45) is 9.24. The molecule has 0 aliphatic heterocycles. The Morgan fingerprint density at radius 3 is 1.88 bits per heavy atom. The molecule has 1 N–H and O–H groups in total. The lowest BCUT2D eigenvalue weighted by molar-refractivity contribution is 0.130. The Bertz CT molecular complexity index is 193. The van der Waals surface area contributed by atoms with Crippen molar-refractivity contribution in [2.24, 2.45) is 0 Å². The van der Waals surface area contributed by atoms with Crippen molar-refractivity contribution in [1.29, 1.82) is 0 Å². The quantitative estimate of drug-likeness (QED) is 0.573. The van der Waals surface area contributed by atoms with Gasteiger partial charge in [-0.25, -0.2) is 4.79 Å². The van der Waals surface area contributed by atoms with Gasteiger partial charge in [0.05, 0.1) is 0 Å². The normalized spacial score (nSPS) is 10.8. The molecular formula is C14H29NO2. The monoisotopic (exact) mass is 243 g/mol. The molecular weight excluding hydrogens is 214 g/mol. The lowest BCUT2D eigenvalue weighted by atomic mass is 10.1. The Hall–Kier alpha value is -0.730. The predicted octanol–water partition coefficient (Wildman–Crippen LogP) is 4.52. The van der Waals surface area contributed by atoms with Gasteiger partial charge in [0.25, 0.3) is 0 Å². The maximum atomic E-state index is 10.9. The van der Waals surface area contributed by atoms with Crippen LogP contribution in [-0.4, -0.2) is 28.7 Å². The van der Waals surface area contributed by atoms with Crippen LogP contribution in [0.2, 0.25) is 0 Å². The van der Waals surface area contributed by atoms with Crippen LogP contribution in [0.25, 0.3) is 0 Å². The van der Waals surface area contributed by atoms with Crippen LogP contribution in [0.15, 0.2) is 0 Å². The SMILES string of the molecule is CCCCCCCCCCN(C(=O)O)C(C)C. The lowest BCUT2D eigenvalue weighted by Gasteiger charge is -2.23. The van der Waals surface area contributed by atoms with Gasteiger partial charge in [-0.15, -0.1) is 0 Å². The fourth-order valence-corrected chi connectivity index (χ4v) is 1.99. The number of hydrogen-bond donors (Lipinski definition) is 1.